The Hall–Kier alpha value is -3.96. The van der Waals surface area contributed by atoms with Gasteiger partial charge in [-0.1, -0.05) is 54.1 Å². The van der Waals surface area contributed by atoms with Gasteiger partial charge in [0, 0.05) is 30.5 Å². The Balaban J connectivity index is 1.90. The van der Waals surface area contributed by atoms with Crippen LogP contribution in [-0.4, -0.2) is 26.0 Å². The first-order valence-corrected chi connectivity index (χ1v) is 11.4. The third-order valence-electron chi connectivity index (χ3n) is 5.57. The monoisotopic (exact) mass is 493 g/mol. The number of nitriles is 1. The van der Waals surface area contributed by atoms with Crippen LogP contribution in [0.2, 0.25) is 5.02 Å². The number of carboxylic acids is 1. The molecule has 1 aromatic heterocycles. The zero-order valence-corrected chi connectivity index (χ0v) is 19.6. The van der Waals surface area contributed by atoms with Gasteiger partial charge >= 0.3 is 11.7 Å². The number of hydrogen-bond acceptors (Lipinski definition) is 5. The summed E-state index contributed by atoms with van der Waals surface area (Å²) in [5.74, 6) is -2.64. The lowest BCUT2D eigenvalue weighted by Gasteiger charge is -2.16. The van der Waals surface area contributed by atoms with E-state index in [4.69, 9.17) is 16.9 Å². The fraction of sp³-hybridized carbons (Fsp3) is 0.269. The number of nitrogens with zero attached hydrogens (tertiary/aromatic N) is 3. The van der Waals surface area contributed by atoms with E-state index in [1.54, 1.807) is 48.5 Å². The van der Waals surface area contributed by atoms with Crippen LogP contribution < -0.4 is 11.2 Å². The van der Waals surface area contributed by atoms with E-state index < -0.39 is 35.5 Å². The van der Waals surface area contributed by atoms with Gasteiger partial charge in [0.05, 0.1) is 24.2 Å². The summed E-state index contributed by atoms with van der Waals surface area (Å²) < 4.78 is 2.17. The molecule has 1 heterocycles. The van der Waals surface area contributed by atoms with E-state index in [2.05, 4.69) is 0 Å². The fourth-order valence-corrected chi connectivity index (χ4v) is 3.94. The van der Waals surface area contributed by atoms with Gasteiger partial charge in [-0.25, -0.2) is 4.79 Å². The van der Waals surface area contributed by atoms with E-state index in [1.165, 1.54) is 10.6 Å². The first-order valence-electron chi connectivity index (χ1n) is 11.1. The van der Waals surface area contributed by atoms with Crippen LogP contribution >= 0.6 is 11.6 Å². The summed E-state index contributed by atoms with van der Waals surface area (Å²) in [5.41, 5.74) is 0.360. The molecular formula is C26H24ClN3O5. The average Bonchev–Trinajstić information content (AvgIpc) is 2.84. The van der Waals surface area contributed by atoms with Crippen LogP contribution in [0.1, 0.15) is 24.8 Å². The molecule has 0 bridgehead atoms. The third kappa shape index (κ3) is 6.78. The molecule has 9 heteroatoms. The molecule has 8 nitrogen and oxygen atoms in total. The van der Waals surface area contributed by atoms with Gasteiger partial charge in [0.25, 0.3) is 5.56 Å². The number of unbranched alkanes of at least 4 members (excludes halogenated alkanes) is 1. The van der Waals surface area contributed by atoms with Crippen LogP contribution in [0.15, 0.2) is 70.3 Å². The van der Waals surface area contributed by atoms with Crippen LogP contribution in [0.5, 0.6) is 0 Å². The van der Waals surface area contributed by atoms with Crippen molar-refractivity contribution < 1.29 is 14.7 Å². The van der Waals surface area contributed by atoms with Gasteiger partial charge in [-0.2, -0.15) is 5.26 Å². The number of carbonyl (C=O) groups excluding carboxylic acids is 1. The number of carboxylic acid groups (broad SMARTS) is 1. The number of Topliss-reactive ketones (excluding diaryl/α,β-unsaturated/α-hetero) is 1. The second-order valence-electron chi connectivity index (χ2n) is 8.12. The molecule has 180 valence electrons. The molecule has 3 rings (SSSR count). The number of ketones is 1. The Morgan fingerprint density at radius 2 is 1.71 bits per heavy atom. The maximum absolute atomic E-state index is 13.2. The first kappa shape index (κ1) is 25.7. The van der Waals surface area contributed by atoms with Crippen LogP contribution in [0.3, 0.4) is 0 Å². The smallest absolute Gasteiger partial charge is 0.331 e. The molecule has 2 aromatic carbocycles. The number of hydrogen-bond donors (Lipinski definition) is 1. The second-order valence-corrected chi connectivity index (χ2v) is 8.56. The Bertz CT molecular complexity index is 1350. The highest BCUT2D eigenvalue weighted by atomic mass is 35.5. The highest BCUT2D eigenvalue weighted by molar-refractivity contribution is 6.30. The van der Waals surface area contributed by atoms with Crippen molar-refractivity contribution in [3.05, 3.63) is 92.1 Å². The number of benzene rings is 2. The van der Waals surface area contributed by atoms with Crippen LogP contribution in [0, 0.1) is 17.2 Å². The van der Waals surface area contributed by atoms with Crippen molar-refractivity contribution in [3.8, 4) is 17.3 Å². The Kier molecular flexibility index (Phi) is 8.76. The topological polar surface area (TPSA) is 122 Å². The van der Waals surface area contributed by atoms with E-state index in [0.717, 1.165) is 10.1 Å². The van der Waals surface area contributed by atoms with E-state index in [0.29, 0.717) is 22.7 Å². The summed E-state index contributed by atoms with van der Waals surface area (Å²) in [6.07, 6.45) is 0.430. The van der Waals surface area contributed by atoms with Gasteiger partial charge in [-0.3, -0.25) is 23.5 Å². The summed E-state index contributed by atoms with van der Waals surface area (Å²) in [4.78, 5) is 50.6. The minimum atomic E-state index is -1.12. The lowest BCUT2D eigenvalue weighted by atomic mass is 9.94. The Morgan fingerprint density at radius 3 is 2.34 bits per heavy atom. The van der Waals surface area contributed by atoms with E-state index in [1.807, 2.05) is 12.1 Å². The molecule has 0 amide bonds. The largest absolute Gasteiger partial charge is 0.481 e. The van der Waals surface area contributed by atoms with Crippen molar-refractivity contribution in [1.29, 1.82) is 5.26 Å². The van der Waals surface area contributed by atoms with Crippen LogP contribution in [0.25, 0.3) is 11.3 Å². The number of halogens is 1. The highest BCUT2D eigenvalue weighted by Crippen LogP contribution is 2.20. The minimum absolute atomic E-state index is 0.157. The SMILES string of the molecule is N#CCCCn1c(-c2ccc(Cl)cc2)cc(=O)n(CC(=O)CC(Cc2ccccc2)C(=O)O)c1=O. The molecule has 0 saturated carbocycles. The predicted octanol–water partition coefficient (Wildman–Crippen LogP) is 3.54. The molecule has 1 unspecified atom stereocenters. The lowest BCUT2D eigenvalue weighted by molar-refractivity contribution is -0.143. The number of aromatic nitrogens is 2. The van der Waals surface area contributed by atoms with Gasteiger partial charge in [-0.15, -0.1) is 0 Å². The molecule has 0 aliphatic rings. The summed E-state index contributed by atoms with van der Waals surface area (Å²) in [7, 11) is 0. The molecule has 35 heavy (non-hydrogen) atoms. The lowest BCUT2D eigenvalue weighted by Crippen LogP contribution is -2.42. The van der Waals surface area contributed by atoms with Crippen LogP contribution in [0.4, 0.5) is 0 Å². The van der Waals surface area contributed by atoms with Gasteiger partial charge in [0.2, 0.25) is 0 Å². The molecule has 0 spiro atoms. The predicted molar refractivity (Wildman–Crippen MR) is 131 cm³/mol. The Labute approximate surface area is 206 Å². The van der Waals surface area contributed by atoms with E-state index >= 15 is 0 Å². The van der Waals surface area contributed by atoms with E-state index in [-0.39, 0.29) is 25.8 Å². The third-order valence-corrected chi connectivity index (χ3v) is 5.82. The molecule has 0 radical (unpaired) electrons. The standard InChI is InChI=1S/C26H24ClN3O5/c27-21-10-8-19(9-11-21)23-16-24(32)30(26(35)29(23)13-5-4-12-28)17-22(31)15-20(25(33)34)14-18-6-2-1-3-7-18/h1-3,6-11,16,20H,4-5,13-15,17H2,(H,33,34). The summed E-state index contributed by atoms with van der Waals surface area (Å²) in [6, 6.07) is 18.8. The first-order chi connectivity index (χ1) is 16.8. The molecule has 0 fully saturated rings. The molecule has 0 saturated heterocycles. The van der Waals surface area contributed by atoms with Gasteiger partial charge in [0.15, 0.2) is 5.78 Å². The van der Waals surface area contributed by atoms with Crippen LogP contribution in [-0.2, 0) is 29.1 Å². The van der Waals surface area contributed by atoms with Crippen molar-refractivity contribution in [2.75, 3.05) is 0 Å². The summed E-state index contributed by atoms with van der Waals surface area (Å²) >= 11 is 5.95. The quantitative estimate of drug-likeness (QED) is 0.408. The maximum Gasteiger partial charge on any atom is 0.331 e. The van der Waals surface area contributed by atoms with Crippen molar-refractivity contribution in [2.24, 2.45) is 5.92 Å². The molecule has 0 aliphatic heterocycles. The Morgan fingerprint density at radius 1 is 1.03 bits per heavy atom. The summed E-state index contributed by atoms with van der Waals surface area (Å²) in [5, 5.41) is 19.0. The number of carbonyl (C=O) groups is 2. The maximum atomic E-state index is 13.2. The summed E-state index contributed by atoms with van der Waals surface area (Å²) in [6.45, 7) is -0.361. The number of aliphatic carboxylic acids is 1. The molecule has 0 aliphatic carbocycles. The van der Waals surface area contributed by atoms with Crippen molar-refractivity contribution >= 4 is 23.4 Å². The second kappa shape index (κ2) is 12.0. The van der Waals surface area contributed by atoms with Gasteiger partial charge < -0.3 is 5.11 Å². The van der Waals surface area contributed by atoms with Crippen molar-refractivity contribution in [3.63, 3.8) is 0 Å². The minimum Gasteiger partial charge on any atom is -0.481 e. The molecule has 3 aromatic rings. The number of rotatable bonds is 11. The normalized spacial score (nSPS) is 11.5. The van der Waals surface area contributed by atoms with Crippen molar-refractivity contribution in [2.45, 2.75) is 38.8 Å². The fourth-order valence-electron chi connectivity index (χ4n) is 3.81. The average molecular weight is 494 g/mol. The van der Waals surface area contributed by atoms with Gasteiger partial charge in [-0.05, 0) is 36.1 Å². The molecular weight excluding hydrogens is 470 g/mol. The van der Waals surface area contributed by atoms with Gasteiger partial charge in [0.1, 0.15) is 0 Å². The zero-order valence-electron chi connectivity index (χ0n) is 18.9. The van der Waals surface area contributed by atoms with Crippen molar-refractivity contribution in [1.82, 2.24) is 9.13 Å². The molecule has 1 N–H and O–H groups in total. The zero-order chi connectivity index (χ0) is 25.4. The van der Waals surface area contributed by atoms with E-state index in [9.17, 15) is 24.3 Å². The molecule has 1 atom stereocenters. The highest BCUT2D eigenvalue weighted by Gasteiger charge is 2.23.